The second kappa shape index (κ2) is 8.56. The predicted octanol–water partition coefficient (Wildman–Crippen LogP) is 5.43. The highest BCUT2D eigenvalue weighted by Gasteiger charge is 2.33. The number of nitrogens with zero attached hydrogens (tertiary/aromatic N) is 3. The van der Waals surface area contributed by atoms with Gasteiger partial charge in [0.1, 0.15) is 6.07 Å². The zero-order valence-corrected chi connectivity index (χ0v) is 18.9. The lowest BCUT2D eigenvalue weighted by atomic mass is 10.1. The summed E-state index contributed by atoms with van der Waals surface area (Å²) in [5, 5.41) is 12.6. The van der Waals surface area contributed by atoms with E-state index in [-0.39, 0.29) is 10.5 Å². The molecule has 5 nitrogen and oxygen atoms in total. The molecule has 1 fully saturated rings. The van der Waals surface area contributed by atoms with Crippen molar-refractivity contribution in [2.24, 2.45) is 0 Å². The number of hydrogen-bond donors (Lipinski definition) is 0. The fourth-order valence-corrected chi connectivity index (χ4v) is 6.84. The summed E-state index contributed by atoms with van der Waals surface area (Å²) in [7, 11) is -3.55. The van der Waals surface area contributed by atoms with Gasteiger partial charge in [0, 0.05) is 29.1 Å². The summed E-state index contributed by atoms with van der Waals surface area (Å²) >= 11 is 13.8. The van der Waals surface area contributed by atoms with E-state index in [0.717, 1.165) is 16.4 Å². The quantitative estimate of drug-likeness (QED) is 0.500. The molecule has 1 saturated heterocycles. The van der Waals surface area contributed by atoms with Crippen LogP contribution in [0.1, 0.15) is 18.4 Å². The Morgan fingerprint density at radius 3 is 2.57 bits per heavy atom. The van der Waals surface area contributed by atoms with E-state index in [0.29, 0.717) is 36.0 Å². The van der Waals surface area contributed by atoms with E-state index in [2.05, 4.69) is 4.90 Å². The molecule has 30 heavy (non-hydrogen) atoms. The van der Waals surface area contributed by atoms with Crippen LogP contribution in [0.15, 0.2) is 52.7 Å². The molecule has 1 aliphatic rings. The number of hydrogen-bond acceptors (Lipinski definition) is 6. The molecule has 9 heteroatoms. The smallest absolute Gasteiger partial charge is 0.185 e. The Balaban J connectivity index is 1.49. The van der Waals surface area contributed by atoms with Crippen LogP contribution in [-0.2, 0) is 9.84 Å². The highest BCUT2D eigenvalue weighted by molar-refractivity contribution is 7.92. The fraction of sp³-hybridized carbons (Fsp3) is 0.238. The van der Waals surface area contributed by atoms with Crippen LogP contribution < -0.4 is 4.90 Å². The first-order valence-corrected chi connectivity index (χ1v) is 12.5. The van der Waals surface area contributed by atoms with E-state index < -0.39 is 15.1 Å². The van der Waals surface area contributed by atoms with E-state index in [1.54, 1.807) is 30.3 Å². The normalized spacial score (nSPS) is 15.2. The lowest BCUT2D eigenvalue weighted by molar-refractivity contribution is 0.529. The van der Waals surface area contributed by atoms with Crippen LogP contribution in [0.25, 0.3) is 11.3 Å². The molecular weight excluding hydrogens is 461 g/mol. The summed E-state index contributed by atoms with van der Waals surface area (Å²) in [5.41, 5.74) is 1.79. The van der Waals surface area contributed by atoms with Crippen molar-refractivity contribution in [1.82, 2.24) is 4.98 Å². The highest BCUT2D eigenvalue weighted by Crippen LogP contribution is 2.35. The minimum Gasteiger partial charge on any atom is -0.348 e. The number of sulfone groups is 1. The van der Waals surface area contributed by atoms with Crippen molar-refractivity contribution in [3.63, 3.8) is 0 Å². The van der Waals surface area contributed by atoms with Gasteiger partial charge in [-0.2, -0.15) is 5.26 Å². The molecule has 0 radical (unpaired) electrons. The number of benzene rings is 2. The second-order valence-corrected chi connectivity index (χ2v) is 10.9. The van der Waals surface area contributed by atoms with Crippen LogP contribution in [0.4, 0.5) is 5.13 Å². The third kappa shape index (κ3) is 4.06. The van der Waals surface area contributed by atoms with Crippen LogP contribution in [0, 0.1) is 11.3 Å². The average Bonchev–Trinajstić information content (AvgIpc) is 3.23. The van der Waals surface area contributed by atoms with Gasteiger partial charge < -0.3 is 4.90 Å². The van der Waals surface area contributed by atoms with Crippen molar-refractivity contribution in [1.29, 1.82) is 5.26 Å². The number of thiazole rings is 1. The third-order valence-electron chi connectivity index (χ3n) is 5.16. The molecule has 0 N–H and O–H groups in total. The topological polar surface area (TPSA) is 74.1 Å². The molecule has 4 rings (SSSR count). The SMILES string of the molecule is N#Cc1ccccc1S(=O)(=O)C1CCN(c2nc(-c3ccc(Cl)cc3Cl)cs2)CC1. The molecule has 0 atom stereocenters. The van der Waals surface area contributed by atoms with E-state index >= 15 is 0 Å². The molecule has 2 aromatic carbocycles. The maximum absolute atomic E-state index is 13.1. The fourth-order valence-electron chi connectivity index (χ4n) is 3.57. The standard InChI is InChI=1S/C21H17Cl2N3O2S2/c22-15-5-6-17(18(23)11-15)19-13-29-21(25-19)26-9-7-16(8-10-26)30(27,28)20-4-2-1-3-14(20)12-24/h1-6,11,13,16H,7-10H2. The van der Waals surface area contributed by atoms with Gasteiger partial charge in [-0.05, 0) is 43.2 Å². The summed E-state index contributed by atoms with van der Waals surface area (Å²) in [6.07, 6.45) is 0.970. The van der Waals surface area contributed by atoms with Crippen LogP contribution >= 0.6 is 34.5 Å². The number of anilines is 1. The second-order valence-electron chi connectivity index (χ2n) is 6.98. The van der Waals surface area contributed by atoms with E-state index in [9.17, 15) is 13.7 Å². The Kier molecular flexibility index (Phi) is 6.03. The van der Waals surface area contributed by atoms with Gasteiger partial charge in [-0.25, -0.2) is 13.4 Å². The number of aromatic nitrogens is 1. The van der Waals surface area contributed by atoms with Crippen LogP contribution in [0.3, 0.4) is 0 Å². The van der Waals surface area contributed by atoms with Gasteiger partial charge in [-0.15, -0.1) is 11.3 Å². The van der Waals surface area contributed by atoms with Crippen molar-refractivity contribution in [3.05, 3.63) is 63.5 Å². The lowest BCUT2D eigenvalue weighted by Gasteiger charge is -2.31. The summed E-state index contributed by atoms with van der Waals surface area (Å²) in [6.45, 7) is 1.17. The Morgan fingerprint density at radius 1 is 1.13 bits per heavy atom. The lowest BCUT2D eigenvalue weighted by Crippen LogP contribution is -2.39. The van der Waals surface area contributed by atoms with Crippen molar-refractivity contribution in [3.8, 4) is 17.3 Å². The van der Waals surface area contributed by atoms with Gasteiger partial charge in [0.25, 0.3) is 0 Å². The van der Waals surface area contributed by atoms with E-state index in [1.165, 1.54) is 17.4 Å². The number of halogens is 2. The molecule has 0 unspecified atom stereocenters. The monoisotopic (exact) mass is 477 g/mol. The molecule has 3 aromatic rings. The maximum atomic E-state index is 13.1. The summed E-state index contributed by atoms with van der Waals surface area (Å²) in [4.78, 5) is 6.91. The summed E-state index contributed by atoms with van der Waals surface area (Å²) in [6, 6.07) is 13.7. The number of piperidine rings is 1. The maximum Gasteiger partial charge on any atom is 0.185 e. The summed E-state index contributed by atoms with van der Waals surface area (Å²) < 4.78 is 26.1. The molecular formula is C21H17Cl2N3O2S2. The summed E-state index contributed by atoms with van der Waals surface area (Å²) in [5.74, 6) is 0. The molecule has 154 valence electrons. The zero-order chi connectivity index (χ0) is 21.3. The third-order valence-corrected chi connectivity index (χ3v) is 8.93. The molecule has 0 saturated carbocycles. The van der Waals surface area contributed by atoms with Gasteiger partial charge >= 0.3 is 0 Å². The minimum absolute atomic E-state index is 0.125. The Morgan fingerprint density at radius 2 is 1.87 bits per heavy atom. The largest absolute Gasteiger partial charge is 0.348 e. The molecule has 0 aliphatic carbocycles. The van der Waals surface area contributed by atoms with Gasteiger partial charge in [0.15, 0.2) is 15.0 Å². The molecule has 1 aromatic heterocycles. The highest BCUT2D eigenvalue weighted by atomic mass is 35.5. The molecule has 1 aliphatic heterocycles. The molecule has 0 amide bonds. The zero-order valence-electron chi connectivity index (χ0n) is 15.8. The van der Waals surface area contributed by atoms with Crippen LogP contribution in [0.5, 0.6) is 0 Å². The van der Waals surface area contributed by atoms with E-state index in [1.807, 2.05) is 17.5 Å². The van der Waals surface area contributed by atoms with Crippen LogP contribution in [0.2, 0.25) is 10.0 Å². The number of rotatable bonds is 4. The van der Waals surface area contributed by atoms with Crippen molar-refractivity contribution >= 4 is 49.5 Å². The molecule has 2 heterocycles. The van der Waals surface area contributed by atoms with Crippen molar-refractivity contribution in [2.75, 3.05) is 18.0 Å². The van der Waals surface area contributed by atoms with Gasteiger partial charge in [-0.1, -0.05) is 35.3 Å². The van der Waals surface area contributed by atoms with Gasteiger partial charge in [0.2, 0.25) is 0 Å². The Bertz CT molecular complexity index is 1230. The van der Waals surface area contributed by atoms with E-state index in [4.69, 9.17) is 28.2 Å². The first kappa shape index (κ1) is 21.1. The molecule has 0 bridgehead atoms. The first-order chi connectivity index (χ1) is 14.4. The first-order valence-electron chi connectivity index (χ1n) is 9.29. The van der Waals surface area contributed by atoms with Crippen LogP contribution in [-0.4, -0.2) is 31.7 Å². The minimum atomic E-state index is -3.55. The average molecular weight is 478 g/mol. The Hall–Kier alpha value is -2.11. The predicted molar refractivity (Wildman–Crippen MR) is 121 cm³/mol. The Labute approximate surface area is 189 Å². The molecule has 0 spiro atoms. The van der Waals surface area contributed by atoms with Crippen molar-refractivity contribution in [2.45, 2.75) is 23.0 Å². The van der Waals surface area contributed by atoms with Crippen molar-refractivity contribution < 1.29 is 8.42 Å². The number of nitriles is 1. The van der Waals surface area contributed by atoms with Gasteiger partial charge in [-0.3, -0.25) is 0 Å². The van der Waals surface area contributed by atoms with Gasteiger partial charge in [0.05, 0.1) is 26.4 Å².